The van der Waals surface area contributed by atoms with Gasteiger partial charge in [-0.3, -0.25) is 4.79 Å². The number of carbonyl (C=O) groups is 1. The third-order valence-corrected chi connectivity index (χ3v) is 3.62. The van der Waals surface area contributed by atoms with E-state index in [-0.39, 0.29) is 11.9 Å². The van der Waals surface area contributed by atoms with Crippen molar-refractivity contribution >= 4 is 33.4 Å². The Hall–Kier alpha value is -1.32. The molecule has 4 heteroatoms. The first-order valence-electron chi connectivity index (χ1n) is 6.35. The molecule has 0 fully saturated rings. The average Bonchev–Trinajstić information content (AvgIpc) is 2.38. The molecule has 0 heterocycles. The van der Waals surface area contributed by atoms with E-state index in [1.807, 2.05) is 43.3 Å². The van der Waals surface area contributed by atoms with Gasteiger partial charge in [0.25, 0.3) is 5.91 Å². The molecule has 0 saturated heterocycles. The van der Waals surface area contributed by atoms with Crippen LogP contribution in [-0.4, -0.2) is 11.9 Å². The molecule has 0 aliphatic rings. The number of hydrogen-bond acceptors (Lipinski definition) is 1. The maximum Gasteiger partial charge on any atom is 0.251 e. The van der Waals surface area contributed by atoms with Crippen molar-refractivity contribution < 1.29 is 4.79 Å². The lowest BCUT2D eigenvalue weighted by atomic mass is 10.1. The van der Waals surface area contributed by atoms with E-state index >= 15 is 0 Å². The highest BCUT2D eigenvalue weighted by molar-refractivity contribution is 9.10. The van der Waals surface area contributed by atoms with Crippen LogP contribution in [0.15, 0.2) is 53.0 Å². The topological polar surface area (TPSA) is 29.1 Å². The molecule has 2 rings (SSSR count). The number of benzene rings is 2. The second-order valence-electron chi connectivity index (χ2n) is 4.72. The van der Waals surface area contributed by atoms with Crippen LogP contribution >= 0.6 is 27.5 Å². The van der Waals surface area contributed by atoms with Gasteiger partial charge in [0.2, 0.25) is 0 Å². The summed E-state index contributed by atoms with van der Waals surface area (Å²) in [7, 11) is 0. The fraction of sp³-hybridized carbons (Fsp3) is 0.188. The minimum Gasteiger partial charge on any atom is -0.349 e. The molecule has 0 spiro atoms. The highest BCUT2D eigenvalue weighted by Crippen LogP contribution is 2.14. The third kappa shape index (κ3) is 4.36. The first-order chi connectivity index (χ1) is 9.54. The number of carbonyl (C=O) groups excluding carboxylic acids is 1. The summed E-state index contributed by atoms with van der Waals surface area (Å²) in [6.45, 7) is 1.98. The molecule has 1 unspecified atom stereocenters. The monoisotopic (exact) mass is 351 g/mol. The van der Waals surface area contributed by atoms with Gasteiger partial charge in [-0.1, -0.05) is 45.7 Å². The largest absolute Gasteiger partial charge is 0.349 e. The van der Waals surface area contributed by atoms with Crippen molar-refractivity contribution in [2.24, 2.45) is 0 Å². The van der Waals surface area contributed by atoms with E-state index in [4.69, 9.17) is 11.6 Å². The van der Waals surface area contributed by atoms with Crippen LogP contribution in [0.5, 0.6) is 0 Å². The number of amides is 1. The zero-order valence-corrected chi connectivity index (χ0v) is 13.4. The van der Waals surface area contributed by atoms with Crippen LogP contribution < -0.4 is 5.32 Å². The molecule has 0 aliphatic heterocycles. The molecular formula is C16H15BrClNO. The molecule has 2 aromatic rings. The van der Waals surface area contributed by atoms with Crippen molar-refractivity contribution in [1.82, 2.24) is 5.32 Å². The number of rotatable bonds is 4. The van der Waals surface area contributed by atoms with Gasteiger partial charge in [-0.05, 0) is 49.2 Å². The van der Waals surface area contributed by atoms with Crippen LogP contribution in [0.1, 0.15) is 22.8 Å². The van der Waals surface area contributed by atoms with Crippen LogP contribution in [0.4, 0.5) is 0 Å². The lowest BCUT2D eigenvalue weighted by Gasteiger charge is -2.14. The normalized spacial score (nSPS) is 11.9. The molecular weight excluding hydrogens is 338 g/mol. The maximum atomic E-state index is 12.1. The molecule has 1 amide bonds. The summed E-state index contributed by atoms with van der Waals surface area (Å²) in [5.41, 5.74) is 1.76. The first kappa shape index (κ1) is 15.1. The van der Waals surface area contributed by atoms with E-state index in [9.17, 15) is 4.79 Å². The SMILES string of the molecule is CC(Cc1cccc(Cl)c1)NC(=O)c1cccc(Br)c1. The molecule has 1 atom stereocenters. The molecule has 2 aromatic carbocycles. The Morgan fingerprint density at radius 1 is 1.25 bits per heavy atom. The van der Waals surface area contributed by atoms with Crippen LogP contribution in [0, 0.1) is 0 Å². The van der Waals surface area contributed by atoms with E-state index in [0.29, 0.717) is 10.6 Å². The van der Waals surface area contributed by atoms with Gasteiger partial charge in [-0.15, -0.1) is 0 Å². The lowest BCUT2D eigenvalue weighted by molar-refractivity contribution is 0.0940. The fourth-order valence-electron chi connectivity index (χ4n) is 2.01. The fourth-order valence-corrected chi connectivity index (χ4v) is 2.62. The zero-order chi connectivity index (χ0) is 14.5. The second-order valence-corrected chi connectivity index (χ2v) is 6.07. The first-order valence-corrected chi connectivity index (χ1v) is 7.52. The summed E-state index contributed by atoms with van der Waals surface area (Å²) in [6, 6.07) is 15.1. The van der Waals surface area contributed by atoms with E-state index in [1.54, 1.807) is 12.1 Å². The number of hydrogen-bond donors (Lipinski definition) is 1. The van der Waals surface area contributed by atoms with Crippen molar-refractivity contribution in [3.8, 4) is 0 Å². The van der Waals surface area contributed by atoms with E-state index in [0.717, 1.165) is 16.5 Å². The maximum absolute atomic E-state index is 12.1. The van der Waals surface area contributed by atoms with Gasteiger partial charge in [-0.2, -0.15) is 0 Å². The molecule has 0 aromatic heterocycles. The number of halogens is 2. The summed E-state index contributed by atoms with van der Waals surface area (Å²) >= 11 is 9.32. The van der Waals surface area contributed by atoms with Crippen molar-refractivity contribution in [3.63, 3.8) is 0 Å². The predicted molar refractivity (Wildman–Crippen MR) is 86.2 cm³/mol. The Morgan fingerprint density at radius 2 is 2.00 bits per heavy atom. The van der Waals surface area contributed by atoms with Crippen LogP contribution in [0.2, 0.25) is 5.02 Å². The van der Waals surface area contributed by atoms with Crippen molar-refractivity contribution in [2.45, 2.75) is 19.4 Å². The lowest BCUT2D eigenvalue weighted by Crippen LogP contribution is -2.34. The quantitative estimate of drug-likeness (QED) is 0.864. The predicted octanol–water partition coefficient (Wildman–Crippen LogP) is 4.46. The average molecular weight is 353 g/mol. The zero-order valence-electron chi connectivity index (χ0n) is 11.1. The summed E-state index contributed by atoms with van der Waals surface area (Å²) in [6.07, 6.45) is 0.750. The molecule has 0 bridgehead atoms. The Balaban J connectivity index is 1.97. The summed E-state index contributed by atoms with van der Waals surface area (Å²) in [4.78, 5) is 12.1. The van der Waals surface area contributed by atoms with Crippen molar-refractivity contribution in [1.29, 1.82) is 0 Å². The van der Waals surface area contributed by atoms with Crippen molar-refractivity contribution in [2.75, 3.05) is 0 Å². The van der Waals surface area contributed by atoms with Gasteiger partial charge in [0, 0.05) is 21.1 Å². The van der Waals surface area contributed by atoms with Crippen LogP contribution in [0.3, 0.4) is 0 Å². The summed E-state index contributed by atoms with van der Waals surface area (Å²) in [5.74, 6) is -0.0687. The molecule has 0 saturated carbocycles. The molecule has 1 N–H and O–H groups in total. The Morgan fingerprint density at radius 3 is 2.70 bits per heavy atom. The van der Waals surface area contributed by atoms with Gasteiger partial charge in [0.15, 0.2) is 0 Å². The van der Waals surface area contributed by atoms with Crippen LogP contribution in [-0.2, 0) is 6.42 Å². The third-order valence-electron chi connectivity index (χ3n) is 2.90. The Labute approximate surface area is 132 Å². The molecule has 0 radical (unpaired) electrons. The van der Waals surface area contributed by atoms with E-state index in [2.05, 4.69) is 21.2 Å². The molecule has 0 aliphatic carbocycles. The Bertz CT molecular complexity index is 615. The van der Waals surface area contributed by atoms with Gasteiger partial charge in [0.1, 0.15) is 0 Å². The van der Waals surface area contributed by atoms with Gasteiger partial charge in [-0.25, -0.2) is 0 Å². The smallest absolute Gasteiger partial charge is 0.251 e. The Kier molecular flexibility index (Phi) is 5.21. The molecule has 104 valence electrons. The number of nitrogens with one attached hydrogen (secondary N) is 1. The van der Waals surface area contributed by atoms with Crippen LogP contribution in [0.25, 0.3) is 0 Å². The molecule has 20 heavy (non-hydrogen) atoms. The van der Waals surface area contributed by atoms with Gasteiger partial charge >= 0.3 is 0 Å². The summed E-state index contributed by atoms with van der Waals surface area (Å²) in [5, 5.41) is 3.70. The van der Waals surface area contributed by atoms with E-state index < -0.39 is 0 Å². The second kappa shape index (κ2) is 6.91. The van der Waals surface area contributed by atoms with Crippen molar-refractivity contribution in [3.05, 3.63) is 69.2 Å². The highest BCUT2D eigenvalue weighted by atomic mass is 79.9. The highest BCUT2D eigenvalue weighted by Gasteiger charge is 2.10. The standard InChI is InChI=1S/C16H15BrClNO/c1-11(8-12-4-2-7-15(18)9-12)19-16(20)13-5-3-6-14(17)10-13/h2-7,9-11H,8H2,1H3,(H,19,20). The van der Waals surface area contributed by atoms with Gasteiger partial charge < -0.3 is 5.32 Å². The minimum absolute atomic E-state index is 0.0416. The summed E-state index contributed by atoms with van der Waals surface area (Å²) < 4.78 is 0.896. The van der Waals surface area contributed by atoms with E-state index in [1.165, 1.54) is 0 Å². The molecule has 2 nitrogen and oxygen atoms in total. The van der Waals surface area contributed by atoms with Gasteiger partial charge in [0.05, 0.1) is 0 Å². The minimum atomic E-state index is -0.0687.